The normalized spacial score (nSPS) is 17.3. The number of nitrogens with zero attached hydrogens (tertiary/aromatic N) is 4. The average Bonchev–Trinajstić information content (AvgIpc) is 2.64. The molecule has 6 heteroatoms. The quantitative estimate of drug-likeness (QED) is 0.307. The molecule has 27 heavy (non-hydrogen) atoms. The van der Waals surface area contributed by atoms with Gasteiger partial charge in [-0.05, 0) is 60.5 Å². The molecule has 0 aromatic heterocycles. The molecule has 1 aliphatic rings. The second kappa shape index (κ2) is 14.2. The Morgan fingerprint density at radius 3 is 2.11 bits per heavy atom. The van der Waals surface area contributed by atoms with Crippen molar-refractivity contribution in [1.82, 2.24) is 25.3 Å². The van der Waals surface area contributed by atoms with Gasteiger partial charge in [0, 0.05) is 64.4 Å². The number of rotatable bonds is 12. The van der Waals surface area contributed by atoms with Crippen LogP contribution in [0.5, 0.6) is 0 Å². The van der Waals surface area contributed by atoms with Crippen molar-refractivity contribution in [3.05, 3.63) is 0 Å². The number of likely N-dealkylation sites (N-methyl/N-ethyl adjacent to an activating group) is 1. The van der Waals surface area contributed by atoms with E-state index in [2.05, 4.69) is 66.9 Å². The number of nitrogens with one attached hydrogen (secondary N) is 2. The lowest BCUT2D eigenvalue weighted by atomic mass is 10.2. The lowest BCUT2D eigenvalue weighted by Gasteiger charge is -2.33. The zero-order valence-corrected chi connectivity index (χ0v) is 18.9. The van der Waals surface area contributed by atoms with Crippen LogP contribution in [-0.2, 0) is 0 Å². The van der Waals surface area contributed by atoms with Crippen LogP contribution in [0.25, 0.3) is 0 Å². The summed E-state index contributed by atoms with van der Waals surface area (Å²) >= 11 is 0. The molecular formula is C21H46N6. The third-order valence-electron chi connectivity index (χ3n) is 5.40. The van der Waals surface area contributed by atoms with E-state index in [1.807, 2.05) is 0 Å². The maximum atomic E-state index is 4.76. The monoisotopic (exact) mass is 382 g/mol. The van der Waals surface area contributed by atoms with E-state index in [1.165, 1.54) is 45.7 Å². The molecule has 0 bridgehead atoms. The van der Waals surface area contributed by atoms with Crippen LogP contribution in [0.4, 0.5) is 0 Å². The summed E-state index contributed by atoms with van der Waals surface area (Å²) in [6, 6.07) is 1.15. The Balaban J connectivity index is 2.23. The van der Waals surface area contributed by atoms with Crippen LogP contribution in [-0.4, -0.2) is 98.2 Å². The molecule has 0 amide bonds. The van der Waals surface area contributed by atoms with Crippen molar-refractivity contribution < 1.29 is 0 Å². The SMILES string of the molecule is CCNC(=NCCCCN1CCN(CC)CC1)NCCN(C(C)C)C(C)C. The summed E-state index contributed by atoms with van der Waals surface area (Å²) in [5.74, 6) is 0.960. The number of piperazine rings is 1. The Hall–Kier alpha value is -0.850. The Labute approximate surface area is 168 Å². The van der Waals surface area contributed by atoms with Crippen LogP contribution in [0.15, 0.2) is 4.99 Å². The standard InChI is InChI=1S/C21H46N6/c1-7-22-21(24-12-14-27(19(3)4)20(5)6)23-11-9-10-13-26-17-15-25(8-2)16-18-26/h19-20H,7-18H2,1-6H3,(H2,22,23,24). The van der Waals surface area contributed by atoms with Crippen molar-refractivity contribution in [3.63, 3.8) is 0 Å². The zero-order valence-electron chi connectivity index (χ0n) is 18.9. The van der Waals surface area contributed by atoms with Crippen molar-refractivity contribution >= 4 is 5.96 Å². The number of guanidine groups is 1. The van der Waals surface area contributed by atoms with Gasteiger partial charge in [-0.25, -0.2) is 0 Å². The second-order valence-electron chi connectivity index (χ2n) is 8.10. The van der Waals surface area contributed by atoms with Gasteiger partial charge < -0.3 is 20.4 Å². The number of unbranched alkanes of at least 4 members (excludes halogenated alkanes) is 1. The van der Waals surface area contributed by atoms with E-state index >= 15 is 0 Å². The van der Waals surface area contributed by atoms with Crippen LogP contribution < -0.4 is 10.6 Å². The minimum absolute atomic E-state index is 0.575. The van der Waals surface area contributed by atoms with E-state index in [9.17, 15) is 0 Å². The molecule has 0 aromatic rings. The molecule has 0 radical (unpaired) electrons. The third-order valence-corrected chi connectivity index (χ3v) is 5.40. The van der Waals surface area contributed by atoms with E-state index in [0.29, 0.717) is 12.1 Å². The molecule has 6 nitrogen and oxygen atoms in total. The number of hydrogen-bond donors (Lipinski definition) is 2. The lowest BCUT2D eigenvalue weighted by molar-refractivity contribution is 0.136. The molecule has 0 spiro atoms. The van der Waals surface area contributed by atoms with Gasteiger partial charge in [0.05, 0.1) is 0 Å². The molecule has 0 saturated carbocycles. The first-order chi connectivity index (χ1) is 13.0. The van der Waals surface area contributed by atoms with Crippen molar-refractivity contribution in [2.24, 2.45) is 4.99 Å². The van der Waals surface area contributed by atoms with Crippen LogP contribution >= 0.6 is 0 Å². The van der Waals surface area contributed by atoms with Gasteiger partial charge in [-0.15, -0.1) is 0 Å². The van der Waals surface area contributed by atoms with E-state index in [0.717, 1.165) is 38.6 Å². The summed E-state index contributed by atoms with van der Waals surface area (Å²) in [4.78, 5) is 12.4. The topological polar surface area (TPSA) is 46.1 Å². The van der Waals surface area contributed by atoms with E-state index in [4.69, 9.17) is 4.99 Å². The predicted octanol–water partition coefficient (Wildman–Crippen LogP) is 2.08. The highest BCUT2D eigenvalue weighted by Crippen LogP contribution is 2.04. The van der Waals surface area contributed by atoms with Gasteiger partial charge in [0.1, 0.15) is 0 Å². The van der Waals surface area contributed by atoms with Gasteiger partial charge in [-0.1, -0.05) is 6.92 Å². The number of hydrogen-bond acceptors (Lipinski definition) is 4. The maximum Gasteiger partial charge on any atom is 0.191 e. The zero-order chi connectivity index (χ0) is 20.1. The minimum Gasteiger partial charge on any atom is -0.357 e. The summed E-state index contributed by atoms with van der Waals surface area (Å²) in [6.07, 6.45) is 2.40. The Kier molecular flexibility index (Phi) is 12.7. The van der Waals surface area contributed by atoms with Gasteiger partial charge in [-0.2, -0.15) is 0 Å². The highest BCUT2D eigenvalue weighted by Gasteiger charge is 2.14. The fourth-order valence-corrected chi connectivity index (χ4v) is 3.73. The molecule has 0 unspecified atom stereocenters. The second-order valence-corrected chi connectivity index (χ2v) is 8.10. The molecule has 160 valence electrons. The molecule has 0 aromatic carbocycles. The largest absolute Gasteiger partial charge is 0.357 e. The molecule has 1 rings (SSSR count). The van der Waals surface area contributed by atoms with Crippen LogP contribution in [0.2, 0.25) is 0 Å². The minimum atomic E-state index is 0.575. The Bertz CT molecular complexity index is 380. The van der Waals surface area contributed by atoms with Crippen molar-refractivity contribution in [2.75, 3.05) is 65.4 Å². The molecule has 0 atom stereocenters. The first-order valence-corrected chi connectivity index (χ1v) is 11.2. The first-order valence-electron chi connectivity index (χ1n) is 11.2. The highest BCUT2D eigenvalue weighted by molar-refractivity contribution is 5.79. The molecule has 0 aliphatic carbocycles. The molecule has 1 heterocycles. The van der Waals surface area contributed by atoms with Crippen LogP contribution in [0.3, 0.4) is 0 Å². The van der Waals surface area contributed by atoms with Crippen LogP contribution in [0, 0.1) is 0 Å². The molecule has 1 fully saturated rings. The summed E-state index contributed by atoms with van der Waals surface area (Å²) in [5.41, 5.74) is 0. The van der Waals surface area contributed by atoms with Crippen molar-refractivity contribution in [2.45, 2.75) is 66.5 Å². The van der Waals surface area contributed by atoms with Crippen LogP contribution in [0.1, 0.15) is 54.4 Å². The van der Waals surface area contributed by atoms with Gasteiger partial charge in [-0.3, -0.25) is 9.89 Å². The number of aliphatic imine (C=N–C) groups is 1. The molecule has 1 aliphatic heterocycles. The molecule has 1 saturated heterocycles. The Morgan fingerprint density at radius 1 is 0.926 bits per heavy atom. The molecular weight excluding hydrogens is 336 g/mol. The fourth-order valence-electron chi connectivity index (χ4n) is 3.73. The Morgan fingerprint density at radius 2 is 1.56 bits per heavy atom. The molecule has 2 N–H and O–H groups in total. The van der Waals surface area contributed by atoms with E-state index < -0.39 is 0 Å². The van der Waals surface area contributed by atoms with Gasteiger partial charge in [0.2, 0.25) is 0 Å². The van der Waals surface area contributed by atoms with E-state index in [1.54, 1.807) is 0 Å². The summed E-state index contributed by atoms with van der Waals surface area (Å²) in [5, 5.41) is 6.86. The van der Waals surface area contributed by atoms with Gasteiger partial charge in [0.25, 0.3) is 0 Å². The highest BCUT2D eigenvalue weighted by atomic mass is 15.3. The lowest BCUT2D eigenvalue weighted by Crippen LogP contribution is -2.46. The first kappa shape index (κ1) is 24.2. The third kappa shape index (κ3) is 10.3. The summed E-state index contributed by atoms with van der Waals surface area (Å²) in [6.45, 7) is 24.6. The fraction of sp³-hybridized carbons (Fsp3) is 0.952. The smallest absolute Gasteiger partial charge is 0.191 e. The maximum absolute atomic E-state index is 4.76. The van der Waals surface area contributed by atoms with Gasteiger partial charge >= 0.3 is 0 Å². The van der Waals surface area contributed by atoms with E-state index in [-0.39, 0.29) is 0 Å². The average molecular weight is 383 g/mol. The summed E-state index contributed by atoms with van der Waals surface area (Å²) in [7, 11) is 0. The van der Waals surface area contributed by atoms with Crippen molar-refractivity contribution in [1.29, 1.82) is 0 Å². The summed E-state index contributed by atoms with van der Waals surface area (Å²) < 4.78 is 0. The van der Waals surface area contributed by atoms with Crippen molar-refractivity contribution in [3.8, 4) is 0 Å². The predicted molar refractivity (Wildman–Crippen MR) is 119 cm³/mol. The van der Waals surface area contributed by atoms with Gasteiger partial charge in [0.15, 0.2) is 5.96 Å².